The second-order valence-corrected chi connectivity index (χ2v) is 12.5. The van der Waals surface area contributed by atoms with Gasteiger partial charge in [-0.3, -0.25) is 28.9 Å². The van der Waals surface area contributed by atoms with Crippen LogP contribution in [0.2, 0.25) is 5.02 Å². The summed E-state index contributed by atoms with van der Waals surface area (Å²) in [5.41, 5.74) is 0.906. The van der Waals surface area contributed by atoms with Gasteiger partial charge in [-0.25, -0.2) is 9.29 Å². The van der Waals surface area contributed by atoms with Crippen molar-refractivity contribution in [2.24, 2.45) is 29.1 Å². The maximum Gasteiger partial charge on any atom is 0.303 e. The Morgan fingerprint density at radius 1 is 1.07 bits per heavy atom. The number of allylic oxidation sites excluding steroid dienone is 2. The van der Waals surface area contributed by atoms with Crippen LogP contribution < -0.4 is 4.90 Å². The summed E-state index contributed by atoms with van der Waals surface area (Å²) in [5, 5.41) is 19.1. The van der Waals surface area contributed by atoms with Gasteiger partial charge >= 0.3 is 5.97 Å². The van der Waals surface area contributed by atoms with Crippen LogP contribution in [-0.4, -0.2) is 51.3 Å². The number of aryl methyl sites for hydroxylation is 1. The number of aliphatic carboxylic acids is 1. The van der Waals surface area contributed by atoms with E-state index in [1.54, 1.807) is 26.0 Å². The largest absolute Gasteiger partial charge is 0.508 e. The molecular formula is C32H30ClFN2O7. The third-order valence-electron chi connectivity index (χ3n) is 9.85. The molecule has 0 aromatic heterocycles. The maximum atomic E-state index is 14.4. The molecule has 2 heterocycles. The summed E-state index contributed by atoms with van der Waals surface area (Å²) in [7, 11) is 0. The highest BCUT2D eigenvalue weighted by atomic mass is 35.5. The number of hydrogen-bond acceptors (Lipinski definition) is 6. The standard InChI is InChI=1S/C32H30ClFN2O7/c1-15-12-16(5-10-24(15)37)27-18-7-8-19-26(30(42)35(28(19)40)11-3-4-25(38)39)20(18)14-21-29(41)36(31(43)32(21,27)2)17-6-9-23(34)22(33)13-17/h5-7,9-10,12-13,19-21,26-27,37H,3-4,8,11,14H2,1-2H3,(H,38,39)/t19-,20+,21-,26-,27-,32+/m0/s1. The normalized spacial score (nSPS) is 29.9. The molecule has 0 radical (unpaired) electrons. The first-order chi connectivity index (χ1) is 20.4. The Hall–Kier alpha value is -4.05. The van der Waals surface area contributed by atoms with Crippen molar-refractivity contribution < 1.29 is 38.6 Å². The van der Waals surface area contributed by atoms with Gasteiger partial charge in [0.15, 0.2) is 0 Å². The van der Waals surface area contributed by atoms with Gasteiger partial charge in [0, 0.05) is 18.9 Å². The van der Waals surface area contributed by atoms with Gasteiger partial charge in [0.05, 0.1) is 33.9 Å². The molecule has 224 valence electrons. The molecule has 1 saturated carbocycles. The summed E-state index contributed by atoms with van der Waals surface area (Å²) in [6, 6.07) is 8.67. The monoisotopic (exact) mass is 608 g/mol. The minimum absolute atomic E-state index is 0.00271. The fraction of sp³-hybridized carbons (Fsp3) is 0.406. The van der Waals surface area contributed by atoms with Crippen molar-refractivity contribution in [3.8, 4) is 5.75 Å². The van der Waals surface area contributed by atoms with E-state index < -0.39 is 58.6 Å². The highest BCUT2D eigenvalue weighted by Crippen LogP contribution is 2.63. The SMILES string of the molecule is Cc1cc([C@H]2C3=CC[C@@H]4C(=O)N(CCCC(=O)O)C(=O)[C@@H]4[C@@H]3C[C@H]3C(=O)N(c4ccc(F)c(Cl)c4)C(=O)[C@@]23C)ccc1O. The quantitative estimate of drug-likeness (QED) is 0.362. The Morgan fingerprint density at radius 3 is 2.49 bits per heavy atom. The molecule has 43 heavy (non-hydrogen) atoms. The van der Waals surface area contributed by atoms with E-state index >= 15 is 0 Å². The van der Waals surface area contributed by atoms with Gasteiger partial charge in [-0.2, -0.15) is 0 Å². The summed E-state index contributed by atoms with van der Waals surface area (Å²) in [6.45, 7) is 3.46. The predicted octanol–water partition coefficient (Wildman–Crippen LogP) is 4.59. The summed E-state index contributed by atoms with van der Waals surface area (Å²) in [6.07, 6.45) is 2.29. The molecule has 6 atom stereocenters. The number of halogens is 2. The molecule has 11 heteroatoms. The average molecular weight is 609 g/mol. The number of imide groups is 2. The molecule has 2 aromatic rings. The number of likely N-dealkylation sites (tertiary alicyclic amines) is 1. The van der Waals surface area contributed by atoms with Crippen molar-refractivity contribution in [2.75, 3.05) is 11.4 Å². The number of carboxylic acid groups (broad SMARTS) is 1. The van der Waals surface area contributed by atoms with Crippen molar-refractivity contribution in [1.29, 1.82) is 0 Å². The zero-order chi connectivity index (χ0) is 31.0. The number of benzene rings is 2. The third kappa shape index (κ3) is 4.29. The fourth-order valence-electron chi connectivity index (χ4n) is 7.80. The number of phenolic OH excluding ortho intramolecular Hbond substituents is 1. The molecule has 2 aliphatic heterocycles. The number of hydrogen-bond donors (Lipinski definition) is 2. The molecule has 4 aliphatic rings. The smallest absolute Gasteiger partial charge is 0.303 e. The van der Waals surface area contributed by atoms with Crippen LogP contribution in [0.5, 0.6) is 5.75 Å². The molecule has 6 rings (SSSR count). The van der Waals surface area contributed by atoms with Gasteiger partial charge in [-0.1, -0.05) is 35.4 Å². The Morgan fingerprint density at radius 2 is 1.81 bits per heavy atom. The van der Waals surface area contributed by atoms with Crippen molar-refractivity contribution in [3.05, 3.63) is 70.0 Å². The number of carbonyl (C=O) groups excluding carboxylic acids is 4. The molecule has 4 amide bonds. The maximum absolute atomic E-state index is 14.4. The van der Waals surface area contributed by atoms with Gasteiger partial charge in [-0.15, -0.1) is 0 Å². The number of nitrogens with zero attached hydrogens (tertiary/aromatic N) is 2. The first-order valence-corrected chi connectivity index (χ1v) is 14.6. The zero-order valence-corrected chi connectivity index (χ0v) is 24.3. The van der Waals surface area contributed by atoms with E-state index in [-0.39, 0.29) is 60.5 Å². The molecule has 3 fully saturated rings. The Labute approximate surface area is 251 Å². The van der Waals surface area contributed by atoms with E-state index in [0.717, 1.165) is 21.4 Å². The molecule has 9 nitrogen and oxygen atoms in total. The van der Waals surface area contributed by atoms with E-state index in [2.05, 4.69) is 0 Å². The van der Waals surface area contributed by atoms with Crippen molar-refractivity contribution in [3.63, 3.8) is 0 Å². The van der Waals surface area contributed by atoms with Crippen molar-refractivity contribution in [1.82, 2.24) is 4.90 Å². The highest BCUT2D eigenvalue weighted by molar-refractivity contribution is 6.31. The number of anilines is 1. The number of carboxylic acids is 1. The van der Waals surface area contributed by atoms with E-state index in [1.165, 1.54) is 18.2 Å². The van der Waals surface area contributed by atoms with Crippen molar-refractivity contribution >= 4 is 46.9 Å². The van der Waals surface area contributed by atoms with Crippen LogP contribution in [0.1, 0.15) is 49.7 Å². The van der Waals surface area contributed by atoms with Gasteiger partial charge < -0.3 is 10.2 Å². The lowest BCUT2D eigenvalue weighted by molar-refractivity contribution is -0.142. The number of rotatable bonds is 6. The number of fused-ring (bicyclic) bond motifs is 4. The molecule has 2 saturated heterocycles. The second kappa shape index (κ2) is 10.3. The van der Waals surface area contributed by atoms with Gasteiger partial charge in [0.1, 0.15) is 11.6 Å². The lowest BCUT2D eigenvalue weighted by Gasteiger charge is -2.49. The highest BCUT2D eigenvalue weighted by Gasteiger charge is 2.67. The summed E-state index contributed by atoms with van der Waals surface area (Å²) >= 11 is 6.03. The molecule has 0 bridgehead atoms. The van der Waals surface area contributed by atoms with Crippen LogP contribution in [0.4, 0.5) is 10.1 Å². The van der Waals surface area contributed by atoms with Gasteiger partial charge in [0.2, 0.25) is 23.6 Å². The van der Waals surface area contributed by atoms with E-state index in [0.29, 0.717) is 11.1 Å². The first kappa shape index (κ1) is 29.0. The van der Waals surface area contributed by atoms with Gasteiger partial charge in [0.25, 0.3) is 0 Å². The van der Waals surface area contributed by atoms with Crippen LogP contribution in [0.15, 0.2) is 48.0 Å². The Bertz CT molecular complexity index is 1640. The van der Waals surface area contributed by atoms with Crippen LogP contribution in [0, 0.1) is 41.8 Å². The Kier molecular flexibility index (Phi) is 6.95. The molecule has 0 spiro atoms. The number of phenols is 1. The molecule has 0 unspecified atom stereocenters. The first-order valence-electron chi connectivity index (χ1n) is 14.3. The molecule has 2 aliphatic carbocycles. The summed E-state index contributed by atoms with van der Waals surface area (Å²) in [5.74, 6) is -6.79. The van der Waals surface area contributed by atoms with E-state index in [9.17, 15) is 33.5 Å². The summed E-state index contributed by atoms with van der Waals surface area (Å²) < 4.78 is 14.0. The molecule has 2 aromatic carbocycles. The lowest BCUT2D eigenvalue weighted by atomic mass is 9.51. The Balaban J connectivity index is 1.45. The molecular weight excluding hydrogens is 579 g/mol. The van der Waals surface area contributed by atoms with Gasteiger partial charge in [-0.05, 0) is 74.4 Å². The molecule has 2 N–H and O–H groups in total. The van der Waals surface area contributed by atoms with Crippen LogP contribution in [0.25, 0.3) is 0 Å². The topological polar surface area (TPSA) is 132 Å². The van der Waals surface area contributed by atoms with Crippen LogP contribution in [-0.2, 0) is 24.0 Å². The number of amides is 4. The third-order valence-corrected chi connectivity index (χ3v) is 10.1. The predicted molar refractivity (Wildman–Crippen MR) is 152 cm³/mol. The lowest BCUT2D eigenvalue weighted by Crippen LogP contribution is -2.48. The zero-order valence-electron chi connectivity index (χ0n) is 23.5. The van der Waals surface area contributed by atoms with Crippen molar-refractivity contribution in [2.45, 2.75) is 45.4 Å². The minimum Gasteiger partial charge on any atom is -0.508 e. The summed E-state index contributed by atoms with van der Waals surface area (Å²) in [4.78, 5) is 68.9. The average Bonchev–Trinajstić information content (AvgIpc) is 3.31. The number of carbonyl (C=O) groups is 5. The fourth-order valence-corrected chi connectivity index (χ4v) is 7.97. The second-order valence-electron chi connectivity index (χ2n) is 12.1. The van der Waals surface area contributed by atoms with Crippen LogP contribution in [0.3, 0.4) is 0 Å². The van der Waals surface area contributed by atoms with Crippen LogP contribution >= 0.6 is 11.6 Å². The minimum atomic E-state index is -1.29. The van der Waals surface area contributed by atoms with E-state index in [4.69, 9.17) is 16.7 Å². The van der Waals surface area contributed by atoms with E-state index in [1.807, 2.05) is 6.08 Å². The number of aromatic hydroxyl groups is 1.